The molecule has 1 atom stereocenters. The second-order valence-corrected chi connectivity index (χ2v) is 8.52. The highest BCUT2D eigenvalue weighted by atomic mass is 16.4. The van der Waals surface area contributed by atoms with Crippen molar-refractivity contribution < 1.29 is 9.90 Å². The van der Waals surface area contributed by atoms with E-state index in [1.165, 1.54) is 103 Å². The van der Waals surface area contributed by atoms with Crippen molar-refractivity contribution in [2.75, 3.05) is 0 Å². The van der Waals surface area contributed by atoms with E-state index in [0.29, 0.717) is 6.42 Å². The molecule has 0 fully saturated rings. The molecule has 0 saturated heterocycles. The van der Waals surface area contributed by atoms with Crippen LogP contribution in [0.5, 0.6) is 0 Å². The van der Waals surface area contributed by atoms with Gasteiger partial charge in [-0.3, -0.25) is 0 Å². The molecule has 0 heterocycles. The van der Waals surface area contributed by atoms with Crippen LogP contribution in [0.2, 0.25) is 0 Å². The van der Waals surface area contributed by atoms with Crippen LogP contribution in [-0.4, -0.2) is 5.97 Å². The Hall–Kier alpha value is -0.790. The Balaban J connectivity index is 3.19. The molecule has 0 aliphatic rings. The highest BCUT2D eigenvalue weighted by Crippen LogP contribution is 2.18. The molecule has 0 aromatic heterocycles. The van der Waals surface area contributed by atoms with Crippen molar-refractivity contribution in [2.24, 2.45) is 5.92 Å². The SMILES string of the molecule is C=C(C)C(CCCCCCCCCCCCCCCCCCCC)C(=O)[O-]. The Bertz CT molecular complexity index is 334. The van der Waals surface area contributed by atoms with E-state index in [1.807, 2.05) is 0 Å². The van der Waals surface area contributed by atoms with E-state index >= 15 is 0 Å². The van der Waals surface area contributed by atoms with Crippen molar-refractivity contribution >= 4 is 5.97 Å². The number of carbonyl (C=O) groups excluding carboxylic acids is 1. The molecule has 0 aromatic carbocycles. The number of carboxylic acids is 1. The number of aliphatic carboxylic acids is 1. The summed E-state index contributed by atoms with van der Waals surface area (Å²) in [5, 5.41) is 11.0. The smallest absolute Gasteiger partial charge is 0.0485 e. The molecule has 160 valence electrons. The molecular weight excluding hydrogens is 332 g/mol. The number of rotatable bonds is 21. The Morgan fingerprint density at radius 3 is 1.22 bits per heavy atom. The molecule has 0 amide bonds. The molecule has 0 aliphatic carbocycles. The van der Waals surface area contributed by atoms with Gasteiger partial charge in [-0.15, -0.1) is 0 Å². The van der Waals surface area contributed by atoms with Gasteiger partial charge in [0.1, 0.15) is 0 Å². The molecule has 0 aromatic rings. The van der Waals surface area contributed by atoms with Crippen LogP contribution in [0.4, 0.5) is 0 Å². The summed E-state index contributed by atoms with van der Waals surface area (Å²) in [4.78, 5) is 11.0. The Morgan fingerprint density at radius 1 is 0.667 bits per heavy atom. The van der Waals surface area contributed by atoms with Gasteiger partial charge in [0, 0.05) is 11.9 Å². The Morgan fingerprint density at radius 2 is 0.963 bits per heavy atom. The minimum absolute atomic E-state index is 0.453. The molecule has 0 spiro atoms. The van der Waals surface area contributed by atoms with Gasteiger partial charge < -0.3 is 9.90 Å². The molecule has 0 bridgehead atoms. The fourth-order valence-corrected chi connectivity index (χ4v) is 3.82. The largest absolute Gasteiger partial charge is 0.550 e. The highest BCUT2D eigenvalue weighted by Gasteiger charge is 2.09. The predicted molar refractivity (Wildman–Crippen MR) is 117 cm³/mol. The fraction of sp³-hybridized carbons (Fsp3) is 0.880. The normalized spacial score (nSPS) is 12.2. The number of carboxylic acid groups (broad SMARTS) is 1. The zero-order chi connectivity index (χ0) is 20.2. The van der Waals surface area contributed by atoms with Crippen molar-refractivity contribution in [3.05, 3.63) is 12.2 Å². The van der Waals surface area contributed by atoms with Gasteiger partial charge in [0.25, 0.3) is 0 Å². The number of hydrogen-bond donors (Lipinski definition) is 0. The third-order valence-corrected chi connectivity index (χ3v) is 5.73. The average Bonchev–Trinajstić information content (AvgIpc) is 2.63. The summed E-state index contributed by atoms with van der Waals surface area (Å²) in [5.41, 5.74) is 0.724. The van der Waals surface area contributed by atoms with Crippen molar-refractivity contribution in [3.63, 3.8) is 0 Å². The summed E-state index contributed by atoms with van der Waals surface area (Å²) in [6.45, 7) is 7.82. The van der Waals surface area contributed by atoms with Crippen LogP contribution in [0, 0.1) is 5.92 Å². The average molecular weight is 380 g/mol. The molecule has 0 aliphatic heterocycles. The van der Waals surface area contributed by atoms with Crippen molar-refractivity contribution in [1.29, 1.82) is 0 Å². The molecular formula is C25H47O2-. The summed E-state index contributed by atoms with van der Waals surface area (Å²) < 4.78 is 0. The van der Waals surface area contributed by atoms with Crippen LogP contribution < -0.4 is 5.11 Å². The van der Waals surface area contributed by atoms with Crippen LogP contribution >= 0.6 is 0 Å². The summed E-state index contributed by atoms with van der Waals surface area (Å²) in [7, 11) is 0. The molecule has 2 nitrogen and oxygen atoms in total. The molecule has 0 radical (unpaired) electrons. The van der Waals surface area contributed by atoms with Crippen molar-refractivity contribution in [1.82, 2.24) is 0 Å². The quantitative estimate of drug-likeness (QED) is 0.154. The maximum atomic E-state index is 11.0. The predicted octanol–water partition coefficient (Wildman–Crippen LogP) is 7.36. The molecule has 2 heteroatoms. The first-order chi connectivity index (χ1) is 13.1. The molecule has 27 heavy (non-hydrogen) atoms. The van der Waals surface area contributed by atoms with Crippen LogP contribution in [-0.2, 0) is 4.79 Å². The van der Waals surface area contributed by atoms with E-state index in [0.717, 1.165) is 18.4 Å². The van der Waals surface area contributed by atoms with E-state index in [1.54, 1.807) is 6.92 Å². The topological polar surface area (TPSA) is 40.1 Å². The lowest BCUT2D eigenvalue weighted by atomic mass is 9.94. The first-order valence-corrected chi connectivity index (χ1v) is 12.0. The minimum atomic E-state index is -0.963. The third-order valence-electron chi connectivity index (χ3n) is 5.73. The third kappa shape index (κ3) is 18.3. The van der Waals surface area contributed by atoms with Gasteiger partial charge in [-0.25, -0.2) is 0 Å². The maximum Gasteiger partial charge on any atom is 0.0485 e. The zero-order valence-corrected chi connectivity index (χ0v) is 18.5. The van der Waals surface area contributed by atoms with Gasteiger partial charge in [0.15, 0.2) is 0 Å². The summed E-state index contributed by atoms with van der Waals surface area (Å²) in [6.07, 6.45) is 25.1. The fourth-order valence-electron chi connectivity index (χ4n) is 3.82. The van der Waals surface area contributed by atoms with E-state index in [9.17, 15) is 9.90 Å². The maximum absolute atomic E-state index is 11.0. The Kier molecular flexibility index (Phi) is 19.4. The number of hydrogen-bond acceptors (Lipinski definition) is 2. The second kappa shape index (κ2) is 20.0. The molecule has 1 unspecified atom stereocenters. The van der Waals surface area contributed by atoms with E-state index in [4.69, 9.17) is 0 Å². The zero-order valence-electron chi connectivity index (χ0n) is 18.5. The van der Waals surface area contributed by atoms with Crippen LogP contribution in [0.15, 0.2) is 12.2 Å². The lowest BCUT2D eigenvalue weighted by Crippen LogP contribution is -2.31. The van der Waals surface area contributed by atoms with Gasteiger partial charge in [-0.1, -0.05) is 135 Å². The van der Waals surface area contributed by atoms with Crippen molar-refractivity contribution in [2.45, 2.75) is 136 Å². The van der Waals surface area contributed by atoms with Crippen LogP contribution in [0.1, 0.15) is 136 Å². The van der Waals surface area contributed by atoms with Crippen molar-refractivity contribution in [3.8, 4) is 0 Å². The van der Waals surface area contributed by atoms with Gasteiger partial charge in [0.2, 0.25) is 0 Å². The first kappa shape index (κ1) is 26.2. The van der Waals surface area contributed by atoms with Gasteiger partial charge in [-0.05, 0) is 13.3 Å². The van der Waals surface area contributed by atoms with E-state index in [-0.39, 0.29) is 0 Å². The lowest BCUT2D eigenvalue weighted by molar-refractivity contribution is -0.310. The molecule has 0 N–H and O–H groups in total. The standard InChI is InChI=1S/C25H48O2/c1-4-5-6-7-8-9-10-11-12-13-14-15-16-17-18-19-20-21-22-24(23(2)3)25(26)27/h24H,2,4-22H2,1,3H3,(H,26,27)/p-1. The summed E-state index contributed by atoms with van der Waals surface area (Å²) in [6, 6.07) is 0. The van der Waals surface area contributed by atoms with E-state index in [2.05, 4.69) is 13.5 Å². The first-order valence-electron chi connectivity index (χ1n) is 12.0. The summed E-state index contributed by atoms with van der Waals surface area (Å²) >= 11 is 0. The number of unbranched alkanes of at least 4 members (excludes halogenated alkanes) is 17. The van der Waals surface area contributed by atoms with Gasteiger partial charge >= 0.3 is 0 Å². The van der Waals surface area contributed by atoms with E-state index < -0.39 is 11.9 Å². The van der Waals surface area contributed by atoms with Crippen LogP contribution in [0.3, 0.4) is 0 Å². The Labute approximate surface area is 170 Å². The van der Waals surface area contributed by atoms with Gasteiger partial charge in [-0.2, -0.15) is 0 Å². The molecule has 0 rings (SSSR count). The second-order valence-electron chi connectivity index (χ2n) is 8.52. The number of carbonyl (C=O) groups is 1. The van der Waals surface area contributed by atoms with Gasteiger partial charge in [0.05, 0.1) is 0 Å². The molecule has 0 saturated carbocycles. The lowest BCUT2D eigenvalue weighted by Gasteiger charge is -2.17. The highest BCUT2D eigenvalue weighted by molar-refractivity contribution is 5.70. The summed E-state index contributed by atoms with van der Waals surface area (Å²) in [5.74, 6) is -1.42. The minimum Gasteiger partial charge on any atom is -0.550 e. The monoisotopic (exact) mass is 379 g/mol. The van der Waals surface area contributed by atoms with Crippen LogP contribution in [0.25, 0.3) is 0 Å².